The predicted octanol–water partition coefficient (Wildman–Crippen LogP) is 6.03. The monoisotopic (exact) mass is 608 g/mol. The van der Waals surface area contributed by atoms with Crippen LogP contribution in [0.25, 0.3) is 5.57 Å². The smallest absolute Gasteiger partial charge is 0.257 e. The number of anilines is 2. The van der Waals surface area contributed by atoms with Crippen molar-refractivity contribution in [1.29, 1.82) is 0 Å². The van der Waals surface area contributed by atoms with E-state index >= 15 is 0 Å². The van der Waals surface area contributed by atoms with E-state index in [1.807, 2.05) is 44.0 Å². The maximum atomic E-state index is 13.5. The molecule has 3 aromatic rings. The summed E-state index contributed by atoms with van der Waals surface area (Å²) >= 11 is 0. The Bertz CT molecular complexity index is 1520. The number of ether oxygens (including phenoxy) is 1. The molecule has 9 heteroatoms. The van der Waals surface area contributed by atoms with E-state index in [0.29, 0.717) is 41.9 Å². The molecule has 2 aromatic carbocycles. The molecule has 2 aliphatic rings. The quantitative estimate of drug-likeness (QED) is 0.255. The number of aliphatic imine (C=N–C) groups is 1. The molecule has 0 saturated carbocycles. The van der Waals surface area contributed by atoms with Crippen LogP contribution in [0.2, 0.25) is 0 Å². The largest absolute Gasteiger partial charge is 0.404 e. The number of piperidine rings is 1. The number of benzene rings is 2. The van der Waals surface area contributed by atoms with Crippen LogP contribution in [-0.2, 0) is 4.74 Å². The molecular formula is C36H44N6O3. The first-order chi connectivity index (χ1) is 21.8. The zero-order valence-electron chi connectivity index (χ0n) is 26.5. The van der Waals surface area contributed by atoms with Gasteiger partial charge in [0.15, 0.2) is 0 Å². The zero-order chi connectivity index (χ0) is 31.8. The summed E-state index contributed by atoms with van der Waals surface area (Å²) in [6, 6.07) is 18.1. The van der Waals surface area contributed by atoms with E-state index < -0.39 is 0 Å². The average Bonchev–Trinajstić information content (AvgIpc) is 3.06. The highest BCUT2D eigenvalue weighted by molar-refractivity contribution is 6.09. The van der Waals surface area contributed by atoms with Gasteiger partial charge < -0.3 is 26.0 Å². The number of nitrogens with two attached hydrogens (primary N) is 1. The van der Waals surface area contributed by atoms with Gasteiger partial charge in [0.05, 0.1) is 11.6 Å². The van der Waals surface area contributed by atoms with Crippen molar-refractivity contribution in [2.75, 3.05) is 36.9 Å². The highest BCUT2D eigenvalue weighted by atomic mass is 16.5. The van der Waals surface area contributed by atoms with Crippen molar-refractivity contribution in [1.82, 2.24) is 9.88 Å². The van der Waals surface area contributed by atoms with E-state index in [-0.39, 0.29) is 17.9 Å². The summed E-state index contributed by atoms with van der Waals surface area (Å²) in [4.78, 5) is 37.4. The molecule has 45 heavy (non-hydrogen) atoms. The van der Waals surface area contributed by atoms with Crippen molar-refractivity contribution < 1.29 is 14.3 Å². The Morgan fingerprint density at radius 1 is 0.978 bits per heavy atom. The number of pyridine rings is 1. The van der Waals surface area contributed by atoms with Crippen LogP contribution in [-0.4, -0.2) is 66.3 Å². The van der Waals surface area contributed by atoms with Crippen molar-refractivity contribution in [2.24, 2.45) is 10.7 Å². The number of aryl methyl sites for hydroxylation is 1. The number of aromatic nitrogens is 1. The van der Waals surface area contributed by atoms with Gasteiger partial charge in [0.1, 0.15) is 5.82 Å². The van der Waals surface area contributed by atoms with Crippen molar-refractivity contribution in [3.8, 4) is 0 Å². The lowest BCUT2D eigenvalue weighted by molar-refractivity contribution is 0.0712. The minimum Gasteiger partial charge on any atom is -0.404 e. The van der Waals surface area contributed by atoms with Crippen LogP contribution >= 0.6 is 0 Å². The fourth-order valence-corrected chi connectivity index (χ4v) is 5.77. The molecule has 1 aromatic heterocycles. The van der Waals surface area contributed by atoms with Crippen LogP contribution in [0.1, 0.15) is 82.9 Å². The van der Waals surface area contributed by atoms with Crippen LogP contribution in [0.3, 0.4) is 0 Å². The molecule has 236 valence electrons. The minimum atomic E-state index is -0.265. The van der Waals surface area contributed by atoms with E-state index in [4.69, 9.17) is 15.5 Å². The summed E-state index contributed by atoms with van der Waals surface area (Å²) in [5.74, 6) is 0.814. The molecule has 0 spiro atoms. The van der Waals surface area contributed by atoms with Gasteiger partial charge in [-0.25, -0.2) is 4.98 Å². The second kappa shape index (κ2) is 15.0. The van der Waals surface area contributed by atoms with Gasteiger partial charge in [0.25, 0.3) is 11.8 Å². The van der Waals surface area contributed by atoms with Crippen LogP contribution in [0.4, 0.5) is 11.5 Å². The Morgan fingerprint density at radius 3 is 2.31 bits per heavy atom. The molecule has 0 aliphatic carbocycles. The average molecular weight is 609 g/mol. The molecule has 5 rings (SSSR count). The number of nitrogens with one attached hydrogen (secondary N) is 2. The Morgan fingerprint density at radius 2 is 1.67 bits per heavy atom. The topological polar surface area (TPSA) is 122 Å². The Labute approximate surface area is 266 Å². The van der Waals surface area contributed by atoms with Gasteiger partial charge >= 0.3 is 0 Å². The summed E-state index contributed by atoms with van der Waals surface area (Å²) in [6.07, 6.45) is 8.72. The highest BCUT2D eigenvalue weighted by Crippen LogP contribution is 2.30. The molecule has 0 radical (unpaired) electrons. The molecule has 2 saturated heterocycles. The van der Waals surface area contributed by atoms with Gasteiger partial charge in [-0.1, -0.05) is 30.3 Å². The van der Waals surface area contributed by atoms with Crippen LogP contribution in [0.15, 0.2) is 72.0 Å². The molecule has 2 amide bonds. The maximum absolute atomic E-state index is 13.5. The number of hydrogen-bond acceptors (Lipinski definition) is 7. The lowest BCUT2D eigenvalue weighted by atomic mass is 9.88. The first-order valence-electron chi connectivity index (χ1n) is 15.9. The molecule has 9 nitrogen and oxygen atoms in total. The number of carbonyl (C=O) groups is 2. The summed E-state index contributed by atoms with van der Waals surface area (Å²) in [5, 5.41) is 6.18. The van der Waals surface area contributed by atoms with Gasteiger partial charge in [-0.3, -0.25) is 14.6 Å². The molecule has 0 bridgehead atoms. The SMILES string of the molecule is Cc1ccc(C(=O)N2CCC(c3ccc(C(C=NC4CCOCC4)=CN)cc3)CC2)cc1NC(=O)c1ccc(NC(C)C)nc1. The molecular weight excluding hydrogens is 564 g/mol. The van der Waals surface area contributed by atoms with E-state index in [1.165, 1.54) is 5.56 Å². The van der Waals surface area contributed by atoms with Gasteiger partial charge in [0, 0.05) is 67.8 Å². The van der Waals surface area contributed by atoms with Crippen LogP contribution < -0.4 is 16.4 Å². The number of hydrogen-bond donors (Lipinski definition) is 3. The van der Waals surface area contributed by atoms with E-state index in [2.05, 4.69) is 39.9 Å². The number of nitrogens with zero attached hydrogens (tertiary/aromatic N) is 3. The summed E-state index contributed by atoms with van der Waals surface area (Å²) in [5.41, 5.74) is 11.7. The van der Waals surface area contributed by atoms with Crippen molar-refractivity contribution >= 4 is 35.1 Å². The lowest BCUT2D eigenvalue weighted by Gasteiger charge is -2.32. The van der Waals surface area contributed by atoms with Gasteiger partial charge in [-0.05, 0) is 93.3 Å². The number of carbonyl (C=O) groups excluding carboxylic acids is 2. The van der Waals surface area contributed by atoms with Gasteiger partial charge in [0.2, 0.25) is 0 Å². The van der Waals surface area contributed by atoms with E-state index in [1.54, 1.807) is 30.6 Å². The predicted molar refractivity (Wildman–Crippen MR) is 181 cm³/mol. The molecule has 2 aliphatic heterocycles. The van der Waals surface area contributed by atoms with Gasteiger partial charge in [-0.2, -0.15) is 0 Å². The molecule has 3 heterocycles. The fraction of sp³-hybridized carbons (Fsp3) is 0.389. The summed E-state index contributed by atoms with van der Waals surface area (Å²) in [6.45, 7) is 8.85. The van der Waals surface area contributed by atoms with Crippen molar-refractivity contribution in [2.45, 2.75) is 64.5 Å². The third-order valence-electron chi connectivity index (χ3n) is 8.49. The number of amides is 2. The highest BCUT2D eigenvalue weighted by Gasteiger charge is 2.25. The Hall–Kier alpha value is -4.50. The third kappa shape index (κ3) is 8.36. The Balaban J connectivity index is 1.16. The standard InChI is InChI=1S/C36H44N6O3/c1-24(2)40-34-11-10-30(22-39-34)35(43)41-33-20-29(5-4-25(33)3)36(44)42-16-12-28(13-17-42)26-6-8-27(9-7-26)31(21-37)23-38-32-14-18-45-19-15-32/h4-11,20-24,28,32H,12-19,37H2,1-3H3,(H,39,40)(H,41,43). The van der Waals surface area contributed by atoms with Crippen molar-refractivity contribution in [3.63, 3.8) is 0 Å². The lowest BCUT2D eigenvalue weighted by Crippen LogP contribution is -2.38. The normalized spacial score (nSPS) is 16.7. The van der Waals surface area contributed by atoms with Crippen molar-refractivity contribution in [3.05, 3.63) is 94.8 Å². The van der Waals surface area contributed by atoms with E-state index in [0.717, 1.165) is 61.4 Å². The molecule has 2 fully saturated rings. The molecule has 4 N–H and O–H groups in total. The molecule has 0 atom stereocenters. The van der Waals surface area contributed by atoms with E-state index in [9.17, 15) is 9.59 Å². The Kier molecular flexibility index (Phi) is 10.6. The second-order valence-corrected chi connectivity index (χ2v) is 12.1. The molecule has 0 unspecified atom stereocenters. The van der Waals surface area contributed by atoms with Crippen LogP contribution in [0.5, 0.6) is 0 Å². The summed E-state index contributed by atoms with van der Waals surface area (Å²) in [7, 11) is 0. The number of rotatable bonds is 9. The first-order valence-corrected chi connectivity index (χ1v) is 15.9. The summed E-state index contributed by atoms with van der Waals surface area (Å²) < 4.78 is 5.42. The zero-order valence-corrected chi connectivity index (χ0v) is 26.5. The third-order valence-corrected chi connectivity index (χ3v) is 8.49. The fourth-order valence-electron chi connectivity index (χ4n) is 5.77. The van der Waals surface area contributed by atoms with Crippen LogP contribution in [0, 0.1) is 6.92 Å². The maximum Gasteiger partial charge on any atom is 0.257 e. The van der Waals surface area contributed by atoms with Gasteiger partial charge in [-0.15, -0.1) is 0 Å². The second-order valence-electron chi connectivity index (χ2n) is 12.1. The first kappa shape index (κ1) is 31.9. The minimum absolute atomic E-state index is 0.0217. The number of allylic oxidation sites excluding steroid dienone is 1. The number of likely N-dealkylation sites (tertiary alicyclic amines) is 1.